The van der Waals surface area contributed by atoms with Crippen LogP contribution in [0.3, 0.4) is 0 Å². The predicted molar refractivity (Wildman–Crippen MR) is 54.1 cm³/mol. The number of aryl methyl sites for hydroxylation is 1. The molecule has 0 aliphatic carbocycles. The average Bonchev–Trinajstić information content (AvgIpc) is 2.82. The Morgan fingerprint density at radius 3 is 2.76 bits per heavy atom. The lowest BCUT2D eigenvalue weighted by Crippen LogP contribution is -2.12. The maximum absolute atomic E-state index is 11.2. The van der Waals surface area contributed by atoms with Gasteiger partial charge >= 0.3 is 5.88 Å². The second kappa shape index (κ2) is 3.74. The first-order chi connectivity index (χ1) is 8.00. The van der Waals surface area contributed by atoms with Gasteiger partial charge < -0.3 is 14.7 Å². The number of nitrogens with two attached hydrogens (primary N) is 1. The van der Waals surface area contributed by atoms with Crippen molar-refractivity contribution in [1.82, 2.24) is 5.16 Å². The molecule has 2 N–H and O–H groups in total. The van der Waals surface area contributed by atoms with E-state index < -0.39 is 16.7 Å². The maximum atomic E-state index is 11.2. The molecule has 0 bridgehead atoms. The summed E-state index contributed by atoms with van der Waals surface area (Å²) >= 11 is 0. The Kier molecular flexibility index (Phi) is 2.39. The van der Waals surface area contributed by atoms with Crippen LogP contribution in [0.4, 0.5) is 5.88 Å². The monoisotopic (exact) mass is 237 g/mol. The highest BCUT2D eigenvalue weighted by Crippen LogP contribution is 2.29. The van der Waals surface area contributed by atoms with Gasteiger partial charge in [0.2, 0.25) is 5.76 Å². The topological polar surface area (TPSA) is 125 Å². The molecule has 0 aliphatic rings. The van der Waals surface area contributed by atoms with Crippen LogP contribution in [0.15, 0.2) is 21.1 Å². The van der Waals surface area contributed by atoms with E-state index in [1.54, 1.807) is 0 Å². The smallest absolute Gasteiger partial charge is 0.397 e. The van der Waals surface area contributed by atoms with Crippen LogP contribution in [0.5, 0.6) is 0 Å². The molecule has 0 saturated carbocycles. The Labute approximate surface area is 94.1 Å². The Bertz CT molecular complexity index is 598. The van der Waals surface area contributed by atoms with E-state index in [9.17, 15) is 14.9 Å². The van der Waals surface area contributed by atoms with Gasteiger partial charge in [-0.15, -0.1) is 0 Å². The van der Waals surface area contributed by atoms with Crippen molar-refractivity contribution in [3.63, 3.8) is 0 Å². The molecule has 0 unspecified atom stereocenters. The van der Waals surface area contributed by atoms with Gasteiger partial charge in [-0.2, -0.15) is 0 Å². The highest BCUT2D eigenvalue weighted by atomic mass is 16.6. The molecule has 0 fully saturated rings. The van der Waals surface area contributed by atoms with Gasteiger partial charge in [-0.25, -0.2) is 0 Å². The van der Waals surface area contributed by atoms with Crippen molar-refractivity contribution in [2.24, 2.45) is 5.73 Å². The van der Waals surface area contributed by atoms with Crippen LogP contribution in [-0.4, -0.2) is 16.0 Å². The molecule has 2 rings (SSSR count). The highest BCUT2D eigenvalue weighted by Gasteiger charge is 2.24. The third-order valence-corrected chi connectivity index (χ3v) is 2.10. The Hall–Kier alpha value is -2.64. The molecule has 88 valence electrons. The number of carbonyl (C=O) groups is 1. The van der Waals surface area contributed by atoms with Gasteiger partial charge in [0.1, 0.15) is 10.5 Å². The van der Waals surface area contributed by atoms with Crippen LogP contribution in [-0.2, 0) is 0 Å². The van der Waals surface area contributed by atoms with E-state index in [0.717, 1.165) is 6.07 Å². The van der Waals surface area contributed by atoms with E-state index in [1.165, 1.54) is 13.0 Å². The van der Waals surface area contributed by atoms with Gasteiger partial charge in [0.25, 0.3) is 5.91 Å². The average molecular weight is 237 g/mol. The number of furan rings is 1. The van der Waals surface area contributed by atoms with Crippen LogP contribution < -0.4 is 5.73 Å². The van der Waals surface area contributed by atoms with Crippen molar-refractivity contribution >= 4 is 11.8 Å². The standard InChI is InChI=1S/C9H7N3O5/c1-4-7(9(10)13)8(17-11-4)5-2-3-6(16-5)12(14)15/h2-3H,1H3,(H2,10,13). The number of aromatic nitrogens is 1. The summed E-state index contributed by atoms with van der Waals surface area (Å²) in [5.41, 5.74) is 5.50. The molecule has 8 heteroatoms. The molecule has 0 atom stereocenters. The second-order valence-electron chi connectivity index (χ2n) is 3.23. The van der Waals surface area contributed by atoms with Gasteiger partial charge in [-0.1, -0.05) is 5.16 Å². The zero-order valence-corrected chi connectivity index (χ0v) is 8.67. The van der Waals surface area contributed by atoms with Crippen LogP contribution in [0.2, 0.25) is 0 Å². The molecule has 0 aliphatic heterocycles. The summed E-state index contributed by atoms with van der Waals surface area (Å²) in [6.07, 6.45) is 0. The molecule has 0 aromatic carbocycles. The summed E-state index contributed by atoms with van der Waals surface area (Å²) in [6.45, 7) is 1.53. The van der Waals surface area contributed by atoms with Gasteiger partial charge in [0.05, 0.1) is 11.8 Å². The van der Waals surface area contributed by atoms with Crippen LogP contribution in [0.1, 0.15) is 16.1 Å². The SMILES string of the molecule is Cc1noc(-c2ccc([N+](=O)[O-])o2)c1C(N)=O. The minimum absolute atomic E-state index is 0.0110. The number of nitro groups is 1. The highest BCUT2D eigenvalue weighted by molar-refractivity contribution is 5.98. The fraction of sp³-hybridized carbons (Fsp3) is 0.111. The molecule has 2 heterocycles. The summed E-state index contributed by atoms with van der Waals surface area (Å²) < 4.78 is 9.76. The van der Waals surface area contributed by atoms with Crippen LogP contribution in [0, 0.1) is 17.0 Å². The van der Waals surface area contributed by atoms with E-state index in [2.05, 4.69) is 5.16 Å². The Morgan fingerprint density at radius 1 is 1.53 bits per heavy atom. The number of amides is 1. The van der Waals surface area contributed by atoms with Gasteiger partial charge in [-0.3, -0.25) is 14.9 Å². The molecule has 1 amide bonds. The zero-order valence-electron chi connectivity index (χ0n) is 8.67. The summed E-state index contributed by atoms with van der Waals surface area (Å²) in [5, 5.41) is 14.0. The van der Waals surface area contributed by atoms with Crippen molar-refractivity contribution in [2.75, 3.05) is 0 Å². The largest absolute Gasteiger partial charge is 0.433 e. The first-order valence-corrected chi connectivity index (χ1v) is 4.51. The third kappa shape index (κ3) is 1.75. The summed E-state index contributed by atoms with van der Waals surface area (Å²) in [6, 6.07) is 2.46. The number of carbonyl (C=O) groups excluding carboxylic acids is 1. The van der Waals surface area contributed by atoms with Crippen molar-refractivity contribution in [3.05, 3.63) is 33.5 Å². The molecular formula is C9H7N3O5. The van der Waals surface area contributed by atoms with Crippen molar-refractivity contribution in [1.29, 1.82) is 0 Å². The maximum Gasteiger partial charge on any atom is 0.433 e. The first kappa shape index (κ1) is 10.9. The molecule has 2 aromatic rings. The lowest BCUT2D eigenvalue weighted by atomic mass is 10.1. The molecular weight excluding hydrogens is 230 g/mol. The summed E-state index contributed by atoms with van der Waals surface area (Å²) in [5.74, 6) is -1.17. The van der Waals surface area contributed by atoms with Crippen molar-refractivity contribution in [3.8, 4) is 11.5 Å². The van der Waals surface area contributed by atoms with E-state index >= 15 is 0 Å². The third-order valence-electron chi connectivity index (χ3n) is 2.10. The number of hydrogen-bond donors (Lipinski definition) is 1. The molecule has 17 heavy (non-hydrogen) atoms. The van der Waals surface area contributed by atoms with Crippen molar-refractivity contribution in [2.45, 2.75) is 6.92 Å². The fourth-order valence-corrected chi connectivity index (χ4v) is 1.38. The molecule has 0 saturated heterocycles. The van der Waals surface area contributed by atoms with E-state index in [1.807, 2.05) is 0 Å². The van der Waals surface area contributed by atoms with E-state index in [0.29, 0.717) is 5.69 Å². The lowest BCUT2D eigenvalue weighted by molar-refractivity contribution is -0.401. The number of rotatable bonds is 3. The minimum Gasteiger partial charge on any atom is -0.397 e. The quantitative estimate of drug-likeness (QED) is 0.632. The number of hydrogen-bond acceptors (Lipinski definition) is 6. The van der Waals surface area contributed by atoms with Crippen LogP contribution >= 0.6 is 0 Å². The summed E-state index contributed by atoms with van der Waals surface area (Å²) in [4.78, 5) is 20.9. The predicted octanol–water partition coefficient (Wildman–Crippen LogP) is 1.25. The second-order valence-corrected chi connectivity index (χ2v) is 3.23. The van der Waals surface area contributed by atoms with Gasteiger partial charge in [-0.05, 0) is 13.0 Å². The minimum atomic E-state index is -0.738. The lowest BCUT2D eigenvalue weighted by Gasteiger charge is -1.93. The number of primary amides is 1. The Balaban J connectivity index is 2.53. The molecule has 8 nitrogen and oxygen atoms in total. The van der Waals surface area contributed by atoms with Crippen LogP contribution in [0.25, 0.3) is 11.5 Å². The summed E-state index contributed by atoms with van der Waals surface area (Å²) in [7, 11) is 0. The van der Waals surface area contributed by atoms with E-state index in [4.69, 9.17) is 14.7 Å². The zero-order chi connectivity index (χ0) is 12.6. The molecule has 2 aromatic heterocycles. The molecule has 0 spiro atoms. The first-order valence-electron chi connectivity index (χ1n) is 4.51. The molecule has 0 radical (unpaired) electrons. The van der Waals surface area contributed by atoms with Crippen molar-refractivity contribution < 1.29 is 18.7 Å². The van der Waals surface area contributed by atoms with Gasteiger partial charge in [0, 0.05) is 0 Å². The van der Waals surface area contributed by atoms with E-state index in [-0.39, 0.29) is 17.1 Å². The number of nitrogens with zero attached hydrogens (tertiary/aromatic N) is 2. The fourth-order valence-electron chi connectivity index (χ4n) is 1.38. The Morgan fingerprint density at radius 2 is 2.24 bits per heavy atom. The van der Waals surface area contributed by atoms with Gasteiger partial charge in [0.15, 0.2) is 5.76 Å². The normalized spacial score (nSPS) is 10.4.